The predicted molar refractivity (Wildman–Crippen MR) is 57.1 cm³/mol. The Morgan fingerprint density at radius 2 is 2.14 bits per heavy atom. The van der Waals surface area contributed by atoms with Crippen LogP contribution >= 0.6 is 0 Å². The summed E-state index contributed by atoms with van der Waals surface area (Å²) in [5, 5.41) is 11.9. The van der Waals surface area contributed by atoms with Crippen LogP contribution in [0.15, 0.2) is 12.1 Å². The van der Waals surface area contributed by atoms with Gasteiger partial charge in [-0.15, -0.1) is 0 Å². The molecule has 0 saturated carbocycles. The second-order valence-electron chi connectivity index (χ2n) is 3.45. The molecular weight excluding hydrogens is 176 g/mol. The first-order chi connectivity index (χ1) is 6.74. The summed E-state index contributed by atoms with van der Waals surface area (Å²) in [6.07, 6.45) is 0.804. The quantitative estimate of drug-likeness (QED) is 0.692. The molecule has 0 fully saturated rings. The van der Waals surface area contributed by atoms with Gasteiger partial charge < -0.3 is 10.4 Å². The predicted octanol–water partition coefficient (Wildman–Crippen LogP) is 1.17. The second-order valence-corrected chi connectivity index (χ2v) is 3.45. The molecule has 14 heavy (non-hydrogen) atoms. The first kappa shape index (κ1) is 11.1. The number of nitrogens with zero attached hydrogens (tertiary/aromatic N) is 1. The molecule has 0 bridgehead atoms. The number of aliphatic hydroxyl groups excluding tert-OH is 1. The smallest absolute Gasteiger partial charge is 0.0443 e. The van der Waals surface area contributed by atoms with Gasteiger partial charge in [-0.1, -0.05) is 6.07 Å². The number of hydrogen-bond acceptors (Lipinski definition) is 3. The maximum Gasteiger partial charge on any atom is 0.0443 e. The van der Waals surface area contributed by atoms with Gasteiger partial charge in [0.05, 0.1) is 0 Å². The average molecular weight is 194 g/mol. The Balaban J connectivity index is 2.42. The van der Waals surface area contributed by atoms with E-state index in [1.54, 1.807) is 0 Å². The van der Waals surface area contributed by atoms with Crippen molar-refractivity contribution in [3.63, 3.8) is 0 Å². The minimum Gasteiger partial charge on any atom is -0.396 e. The van der Waals surface area contributed by atoms with Crippen LogP contribution in [0.3, 0.4) is 0 Å². The van der Waals surface area contributed by atoms with Gasteiger partial charge in [0.25, 0.3) is 0 Å². The van der Waals surface area contributed by atoms with Crippen molar-refractivity contribution in [3.8, 4) is 0 Å². The van der Waals surface area contributed by atoms with Gasteiger partial charge in [-0.2, -0.15) is 0 Å². The summed E-state index contributed by atoms with van der Waals surface area (Å²) < 4.78 is 0. The summed E-state index contributed by atoms with van der Waals surface area (Å²) in [5.74, 6) is 0. The summed E-state index contributed by atoms with van der Waals surface area (Å²) in [6.45, 7) is 5.95. The van der Waals surface area contributed by atoms with E-state index < -0.39 is 0 Å². The fourth-order valence-electron chi connectivity index (χ4n) is 1.33. The monoisotopic (exact) mass is 194 g/mol. The van der Waals surface area contributed by atoms with Crippen LogP contribution in [0.4, 0.5) is 0 Å². The van der Waals surface area contributed by atoms with E-state index in [1.807, 2.05) is 19.9 Å². The highest BCUT2D eigenvalue weighted by Gasteiger charge is 1.98. The van der Waals surface area contributed by atoms with Gasteiger partial charge in [-0.25, -0.2) is 0 Å². The average Bonchev–Trinajstić information content (AvgIpc) is 2.15. The third kappa shape index (κ3) is 3.44. The van der Waals surface area contributed by atoms with Gasteiger partial charge in [0.2, 0.25) is 0 Å². The van der Waals surface area contributed by atoms with E-state index in [4.69, 9.17) is 5.11 Å². The number of nitrogens with one attached hydrogen (secondary N) is 1. The van der Waals surface area contributed by atoms with Crippen LogP contribution in [0, 0.1) is 13.8 Å². The number of pyridine rings is 1. The topological polar surface area (TPSA) is 45.1 Å². The standard InChI is InChI=1S/C11H18N2O/c1-9-4-5-11(10(2)13-9)8-12-6-3-7-14/h4-5,12,14H,3,6-8H2,1-2H3. The summed E-state index contributed by atoms with van der Waals surface area (Å²) in [6, 6.07) is 4.12. The molecule has 0 unspecified atom stereocenters. The van der Waals surface area contributed by atoms with Gasteiger partial charge in [0, 0.05) is 24.5 Å². The van der Waals surface area contributed by atoms with Gasteiger partial charge in [0.1, 0.15) is 0 Å². The Labute approximate surface area is 85.2 Å². The van der Waals surface area contributed by atoms with Gasteiger partial charge >= 0.3 is 0 Å². The van der Waals surface area contributed by atoms with Crippen LogP contribution in [-0.4, -0.2) is 23.2 Å². The van der Waals surface area contributed by atoms with E-state index >= 15 is 0 Å². The molecule has 0 aliphatic rings. The lowest BCUT2D eigenvalue weighted by atomic mass is 10.2. The fraction of sp³-hybridized carbons (Fsp3) is 0.545. The molecule has 0 aliphatic heterocycles. The van der Waals surface area contributed by atoms with Crippen LogP contribution in [0.1, 0.15) is 23.4 Å². The van der Waals surface area contributed by atoms with Gasteiger partial charge in [-0.3, -0.25) is 4.98 Å². The Morgan fingerprint density at radius 3 is 2.79 bits per heavy atom. The van der Waals surface area contributed by atoms with E-state index in [0.717, 1.165) is 30.9 Å². The molecule has 0 atom stereocenters. The molecule has 3 nitrogen and oxygen atoms in total. The van der Waals surface area contributed by atoms with E-state index in [9.17, 15) is 0 Å². The Morgan fingerprint density at radius 1 is 1.36 bits per heavy atom. The summed E-state index contributed by atoms with van der Waals surface area (Å²) in [4.78, 5) is 4.38. The molecule has 0 radical (unpaired) electrons. The third-order valence-corrected chi connectivity index (χ3v) is 2.16. The van der Waals surface area contributed by atoms with Gasteiger partial charge in [0.15, 0.2) is 0 Å². The van der Waals surface area contributed by atoms with Crippen molar-refractivity contribution in [3.05, 3.63) is 29.1 Å². The molecule has 2 N–H and O–H groups in total. The number of aliphatic hydroxyl groups is 1. The van der Waals surface area contributed by atoms with Crippen molar-refractivity contribution in [1.29, 1.82) is 0 Å². The van der Waals surface area contributed by atoms with Crippen molar-refractivity contribution < 1.29 is 5.11 Å². The third-order valence-electron chi connectivity index (χ3n) is 2.16. The SMILES string of the molecule is Cc1ccc(CNCCCO)c(C)n1. The van der Waals surface area contributed by atoms with Crippen LogP contribution in [0.25, 0.3) is 0 Å². The zero-order valence-corrected chi connectivity index (χ0v) is 8.88. The maximum absolute atomic E-state index is 8.60. The highest BCUT2D eigenvalue weighted by molar-refractivity contribution is 5.21. The molecule has 0 spiro atoms. The molecule has 78 valence electrons. The molecule has 1 aromatic rings. The van der Waals surface area contributed by atoms with Crippen molar-refractivity contribution in [2.75, 3.05) is 13.2 Å². The largest absolute Gasteiger partial charge is 0.396 e. The Kier molecular flexibility index (Phi) is 4.56. The number of aromatic nitrogens is 1. The molecule has 0 aliphatic carbocycles. The van der Waals surface area contributed by atoms with Crippen LogP contribution < -0.4 is 5.32 Å². The van der Waals surface area contributed by atoms with E-state index in [2.05, 4.69) is 16.4 Å². The van der Waals surface area contributed by atoms with Crippen LogP contribution in [0.2, 0.25) is 0 Å². The van der Waals surface area contributed by atoms with E-state index in [1.165, 1.54) is 5.56 Å². The Bertz CT molecular complexity index is 287. The molecule has 1 aromatic heterocycles. The summed E-state index contributed by atoms with van der Waals surface area (Å²) >= 11 is 0. The highest BCUT2D eigenvalue weighted by atomic mass is 16.3. The summed E-state index contributed by atoms with van der Waals surface area (Å²) in [5.41, 5.74) is 3.37. The zero-order valence-electron chi connectivity index (χ0n) is 8.88. The number of rotatable bonds is 5. The first-order valence-corrected chi connectivity index (χ1v) is 4.98. The van der Waals surface area contributed by atoms with Crippen molar-refractivity contribution in [2.24, 2.45) is 0 Å². The lowest BCUT2D eigenvalue weighted by molar-refractivity contribution is 0.286. The molecule has 1 rings (SSSR count). The number of aryl methyl sites for hydroxylation is 2. The zero-order chi connectivity index (χ0) is 10.4. The lowest BCUT2D eigenvalue weighted by Gasteiger charge is -2.07. The Hall–Kier alpha value is -0.930. The molecule has 1 heterocycles. The second kappa shape index (κ2) is 5.73. The van der Waals surface area contributed by atoms with E-state index in [-0.39, 0.29) is 6.61 Å². The molecule has 0 saturated heterocycles. The minimum atomic E-state index is 0.248. The molecule has 0 amide bonds. The number of hydrogen-bond donors (Lipinski definition) is 2. The minimum absolute atomic E-state index is 0.248. The fourth-order valence-corrected chi connectivity index (χ4v) is 1.33. The van der Waals surface area contributed by atoms with Crippen LogP contribution in [0.5, 0.6) is 0 Å². The van der Waals surface area contributed by atoms with Crippen molar-refractivity contribution in [1.82, 2.24) is 10.3 Å². The normalized spacial score (nSPS) is 10.5. The van der Waals surface area contributed by atoms with E-state index in [0.29, 0.717) is 0 Å². The van der Waals surface area contributed by atoms with Crippen molar-refractivity contribution in [2.45, 2.75) is 26.8 Å². The molecule has 3 heteroatoms. The maximum atomic E-state index is 8.60. The van der Waals surface area contributed by atoms with Crippen LogP contribution in [-0.2, 0) is 6.54 Å². The lowest BCUT2D eigenvalue weighted by Crippen LogP contribution is -2.16. The first-order valence-electron chi connectivity index (χ1n) is 4.98. The van der Waals surface area contributed by atoms with Crippen molar-refractivity contribution >= 4 is 0 Å². The molecular formula is C11H18N2O. The highest BCUT2D eigenvalue weighted by Crippen LogP contribution is 2.05. The molecule has 0 aromatic carbocycles. The summed E-state index contributed by atoms with van der Waals surface area (Å²) in [7, 11) is 0. The van der Waals surface area contributed by atoms with Gasteiger partial charge in [-0.05, 0) is 38.4 Å².